The molecule has 1 saturated heterocycles. The maximum Gasteiger partial charge on any atom is 0.260 e. The molecule has 2 amide bonds. The van der Waals surface area contributed by atoms with Gasteiger partial charge in [0.1, 0.15) is 11.6 Å². The molecule has 1 aliphatic rings. The van der Waals surface area contributed by atoms with Crippen molar-refractivity contribution < 1.29 is 14.3 Å². The second kappa shape index (κ2) is 8.77. The molecular formula is C17H23ClN2O3. The Morgan fingerprint density at radius 2 is 2.00 bits per heavy atom. The Kier molecular flexibility index (Phi) is 6.71. The third-order valence-corrected chi connectivity index (χ3v) is 4.21. The molecule has 6 heteroatoms. The SMILES string of the molecule is CCC(NC(=O)CCl)c1ccccc1OCC(=O)N1CCCC1. The molecule has 1 fully saturated rings. The second-order valence-electron chi connectivity index (χ2n) is 5.58. The van der Waals surface area contributed by atoms with E-state index in [-0.39, 0.29) is 30.3 Å². The fourth-order valence-corrected chi connectivity index (χ4v) is 2.81. The molecule has 0 aliphatic carbocycles. The molecule has 0 bridgehead atoms. The molecule has 1 heterocycles. The van der Waals surface area contributed by atoms with E-state index in [0.29, 0.717) is 12.2 Å². The minimum atomic E-state index is -0.221. The highest BCUT2D eigenvalue weighted by Crippen LogP contribution is 2.27. The number of alkyl halides is 1. The molecule has 5 nitrogen and oxygen atoms in total. The first-order valence-corrected chi connectivity index (χ1v) is 8.54. The Morgan fingerprint density at radius 1 is 1.30 bits per heavy atom. The number of rotatable bonds is 7. The van der Waals surface area contributed by atoms with Crippen LogP contribution < -0.4 is 10.1 Å². The Morgan fingerprint density at radius 3 is 2.65 bits per heavy atom. The maximum absolute atomic E-state index is 12.1. The largest absolute Gasteiger partial charge is 0.483 e. The van der Waals surface area contributed by atoms with Crippen molar-refractivity contribution in [3.8, 4) is 5.75 Å². The average Bonchev–Trinajstić information content (AvgIpc) is 3.12. The lowest BCUT2D eigenvalue weighted by molar-refractivity contribution is -0.132. The minimum Gasteiger partial charge on any atom is -0.483 e. The molecule has 0 saturated carbocycles. The van der Waals surface area contributed by atoms with Gasteiger partial charge in [-0.25, -0.2) is 0 Å². The summed E-state index contributed by atoms with van der Waals surface area (Å²) in [4.78, 5) is 25.5. The molecule has 1 aliphatic heterocycles. The normalized spacial score (nSPS) is 15.3. The lowest BCUT2D eigenvalue weighted by Gasteiger charge is -2.21. The van der Waals surface area contributed by atoms with E-state index in [4.69, 9.17) is 16.3 Å². The molecule has 1 atom stereocenters. The van der Waals surface area contributed by atoms with E-state index in [1.54, 1.807) is 0 Å². The zero-order valence-corrected chi connectivity index (χ0v) is 14.1. The molecule has 1 aromatic rings. The van der Waals surface area contributed by atoms with E-state index in [1.165, 1.54) is 0 Å². The predicted molar refractivity (Wildman–Crippen MR) is 89.6 cm³/mol. The van der Waals surface area contributed by atoms with Gasteiger partial charge in [-0.15, -0.1) is 11.6 Å². The molecule has 23 heavy (non-hydrogen) atoms. The molecule has 1 unspecified atom stereocenters. The zero-order chi connectivity index (χ0) is 16.7. The summed E-state index contributed by atoms with van der Waals surface area (Å²) in [5.41, 5.74) is 0.864. The summed E-state index contributed by atoms with van der Waals surface area (Å²) in [7, 11) is 0. The number of nitrogens with zero attached hydrogens (tertiary/aromatic N) is 1. The standard InChI is InChI=1S/C17H23ClN2O3/c1-2-14(19-16(21)11-18)13-7-3-4-8-15(13)23-12-17(22)20-9-5-6-10-20/h3-4,7-8,14H,2,5-6,9-12H2,1H3,(H,19,21). The van der Waals surface area contributed by atoms with Crippen molar-refractivity contribution in [3.05, 3.63) is 29.8 Å². The van der Waals surface area contributed by atoms with Crippen LogP contribution in [0.15, 0.2) is 24.3 Å². The number of nitrogens with one attached hydrogen (secondary N) is 1. The maximum atomic E-state index is 12.1. The Balaban J connectivity index is 2.03. The first kappa shape index (κ1) is 17.6. The van der Waals surface area contributed by atoms with Crippen LogP contribution in [0.2, 0.25) is 0 Å². The van der Waals surface area contributed by atoms with Crippen LogP contribution in [0.4, 0.5) is 0 Å². The summed E-state index contributed by atoms with van der Waals surface area (Å²) in [6, 6.07) is 7.29. The van der Waals surface area contributed by atoms with Crippen LogP contribution >= 0.6 is 11.6 Å². The average molecular weight is 339 g/mol. The quantitative estimate of drug-likeness (QED) is 0.777. The molecule has 126 valence electrons. The number of halogens is 1. The summed E-state index contributed by atoms with van der Waals surface area (Å²) in [5.74, 6) is 0.339. The molecule has 0 aromatic heterocycles. The highest BCUT2D eigenvalue weighted by molar-refractivity contribution is 6.27. The van der Waals surface area contributed by atoms with E-state index >= 15 is 0 Å². The molecule has 1 aromatic carbocycles. The van der Waals surface area contributed by atoms with Gasteiger partial charge in [-0.05, 0) is 25.3 Å². The Labute approximate surface area is 141 Å². The van der Waals surface area contributed by atoms with E-state index in [0.717, 1.165) is 31.5 Å². The molecule has 0 radical (unpaired) electrons. The topological polar surface area (TPSA) is 58.6 Å². The monoisotopic (exact) mass is 338 g/mol. The fraction of sp³-hybridized carbons (Fsp3) is 0.529. The fourth-order valence-electron chi connectivity index (χ4n) is 2.73. The van der Waals surface area contributed by atoms with Crippen LogP contribution in [0.5, 0.6) is 5.75 Å². The van der Waals surface area contributed by atoms with Crippen molar-refractivity contribution in [1.82, 2.24) is 10.2 Å². The van der Waals surface area contributed by atoms with Crippen LogP contribution in [0.25, 0.3) is 0 Å². The Bertz CT molecular complexity index is 544. The van der Waals surface area contributed by atoms with Gasteiger partial charge in [0, 0.05) is 18.7 Å². The van der Waals surface area contributed by atoms with Crippen LogP contribution in [-0.2, 0) is 9.59 Å². The summed E-state index contributed by atoms with van der Waals surface area (Å²) in [6.07, 6.45) is 2.83. The van der Waals surface area contributed by atoms with Crippen molar-refractivity contribution >= 4 is 23.4 Å². The molecular weight excluding hydrogens is 316 g/mol. The van der Waals surface area contributed by atoms with Crippen molar-refractivity contribution in [1.29, 1.82) is 0 Å². The van der Waals surface area contributed by atoms with Gasteiger partial charge in [0.2, 0.25) is 5.91 Å². The van der Waals surface area contributed by atoms with Gasteiger partial charge in [0.15, 0.2) is 6.61 Å². The van der Waals surface area contributed by atoms with Gasteiger partial charge in [-0.2, -0.15) is 0 Å². The van der Waals surface area contributed by atoms with E-state index < -0.39 is 0 Å². The first-order chi connectivity index (χ1) is 11.2. The highest BCUT2D eigenvalue weighted by atomic mass is 35.5. The van der Waals surface area contributed by atoms with Gasteiger partial charge in [0.05, 0.1) is 6.04 Å². The number of carbonyl (C=O) groups excluding carboxylic acids is 2. The number of hydrogen-bond donors (Lipinski definition) is 1. The van der Waals surface area contributed by atoms with E-state index in [1.807, 2.05) is 36.1 Å². The summed E-state index contributed by atoms with van der Waals surface area (Å²) >= 11 is 5.56. The van der Waals surface area contributed by atoms with Crippen LogP contribution in [0.3, 0.4) is 0 Å². The number of benzene rings is 1. The number of carbonyl (C=O) groups is 2. The van der Waals surface area contributed by atoms with Crippen molar-refractivity contribution in [2.24, 2.45) is 0 Å². The summed E-state index contributed by atoms with van der Waals surface area (Å²) in [5, 5.41) is 2.87. The third kappa shape index (κ3) is 4.86. The smallest absolute Gasteiger partial charge is 0.260 e. The van der Waals surface area contributed by atoms with Gasteiger partial charge in [-0.1, -0.05) is 25.1 Å². The predicted octanol–water partition coefficient (Wildman–Crippen LogP) is 2.49. The number of likely N-dealkylation sites (tertiary alicyclic amines) is 1. The molecule has 0 spiro atoms. The van der Waals surface area contributed by atoms with Crippen LogP contribution in [0.1, 0.15) is 37.8 Å². The van der Waals surface area contributed by atoms with Crippen molar-refractivity contribution in [2.75, 3.05) is 25.6 Å². The molecule has 2 rings (SSSR count). The lowest BCUT2D eigenvalue weighted by Crippen LogP contribution is -2.33. The van der Waals surface area contributed by atoms with Crippen LogP contribution in [-0.4, -0.2) is 42.3 Å². The van der Waals surface area contributed by atoms with Crippen LogP contribution in [0, 0.1) is 0 Å². The van der Waals surface area contributed by atoms with E-state index in [9.17, 15) is 9.59 Å². The summed E-state index contributed by atoms with van der Waals surface area (Å²) in [6.45, 7) is 3.63. The number of para-hydroxylation sites is 1. The van der Waals surface area contributed by atoms with Crippen molar-refractivity contribution in [2.45, 2.75) is 32.2 Å². The third-order valence-electron chi connectivity index (χ3n) is 3.97. The second-order valence-corrected chi connectivity index (χ2v) is 5.84. The van der Waals surface area contributed by atoms with E-state index in [2.05, 4.69) is 5.32 Å². The number of ether oxygens (including phenoxy) is 1. The lowest BCUT2D eigenvalue weighted by atomic mass is 10.0. The zero-order valence-electron chi connectivity index (χ0n) is 13.4. The number of hydrogen-bond acceptors (Lipinski definition) is 3. The first-order valence-electron chi connectivity index (χ1n) is 8.00. The minimum absolute atomic E-state index is 0.00939. The Hall–Kier alpha value is -1.75. The highest BCUT2D eigenvalue weighted by Gasteiger charge is 2.20. The van der Waals surface area contributed by atoms with Gasteiger partial charge in [0.25, 0.3) is 5.91 Å². The van der Waals surface area contributed by atoms with Gasteiger partial charge < -0.3 is 15.0 Å². The van der Waals surface area contributed by atoms with Gasteiger partial charge >= 0.3 is 0 Å². The molecule has 1 N–H and O–H groups in total. The summed E-state index contributed by atoms with van der Waals surface area (Å²) < 4.78 is 5.73. The number of amides is 2. The van der Waals surface area contributed by atoms with Gasteiger partial charge in [-0.3, -0.25) is 9.59 Å². The van der Waals surface area contributed by atoms with Crippen molar-refractivity contribution in [3.63, 3.8) is 0 Å².